The summed E-state index contributed by atoms with van der Waals surface area (Å²) < 4.78 is 1.92. The highest BCUT2D eigenvalue weighted by Gasteiger charge is 2.16. The van der Waals surface area contributed by atoms with E-state index in [1.807, 2.05) is 29.7 Å². The average molecular weight is 301 g/mol. The van der Waals surface area contributed by atoms with Crippen LogP contribution in [0.3, 0.4) is 0 Å². The molecule has 1 aliphatic rings. The predicted molar refractivity (Wildman–Crippen MR) is 89.8 cm³/mol. The molecule has 1 saturated carbocycles. The zero-order valence-electron chi connectivity index (χ0n) is 12.7. The molecule has 1 aromatic heterocycles. The third kappa shape index (κ3) is 3.62. The summed E-state index contributed by atoms with van der Waals surface area (Å²) in [5, 5.41) is 8.59. The van der Waals surface area contributed by atoms with Crippen molar-refractivity contribution in [2.24, 2.45) is 7.05 Å². The molecule has 1 fully saturated rings. The van der Waals surface area contributed by atoms with Crippen molar-refractivity contribution in [3.63, 3.8) is 0 Å². The number of aryl methyl sites for hydroxylation is 1. The topological polar surface area (TPSA) is 29.9 Å². The maximum absolute atomic E-state index is 4.22. The molecule has 0 bridgehead atoms. The minimum atomic E-state index is 0.255. The number of benzene rings is 1. The van der Waals surface area contributed by atoms with Gasteiger partial charge in [-0.25, -0.2) is 0 Å². The van der Waals surface area contributed by atoms with Gasteiger partial charge in [-0.15, -0.1) is 11.8 Å². The Morgan fingerprint density at radius 2 is 1.90 bits per heavy atom. The highest BCUT2D eigenvalue weighted by Crippen LogP contribution is 2.35. The van der Waals surface area contributed by atoms with Crippen LogP contribution in [0.5, 0.6) is 0 Å². The van der Waals surface area contributed by atoms with Gasteiger partial charge in [0.2, 0.25) is 0 Å². The van der Waals surface area contributed by atoms with Gasteiger partial charge in [0.25, 0.3) is 0 Å². The highest BCUT2D eigenvalue weighted by atomic mass is 32.2. The van der Waals surface area contributed by atoms with Gasteiger partial charge < -0.3 is 5.32 Å². The van der Waals surface area contributed by atoms with Crippen LogP contribution in [-0.2, 0) is 7.05 Å². The average Bonchev–Trinajstić information content (AvgIpc) is 3.12. The number of nitrogens with one attached hydrogen (secondary N) is 1. The third-order valence-electron chi connectivity index (χ3n) is 4.14. The van der Waals surface area contributed by atoms with Gasteiger partial charge in [0.1, 0.15) is 0 Å². The molecule has 1 unspecified atom stereocenters. The summed E-state index contributed by atoms with van der Waals surface area (Å²) in [5.74, 6) is 0. The van der Waals surface area contributed by atoms with E-state index >= 15 is 0 Å². The number of thioether (sulfide) groups is 1. The minimum absolute atomic E-state index is 0.255. The van der Waals surface area contributed by atoms with E-state index in [9.17, 15) is 0 Å². The van der Waals surface area contributed by atoms with Crippen molar-refractivity contribution in [3.05, 3.63) is 42.2 Å². The molecule has 2 aromatic rings. The van der Waals surface area contributed by atoms with Crippen molar-refractivity contribution < 1.29 is 0 Å². The van der Waals surface area contributed by atoms with Crippen molar-refractivity contribution in [1.29, 1.82) is 0 Å². The molecule has 21 heavy (non-hydrogen) atoms. The number of rotatable bonds is 5. The Bertz CT molecular complexity index is 570. The van der Waals surface area contributed by atoms with Crippen LogP contribution < -0.4 is 5.32 Å². The van der Waals surface area contributed by atoms with Crippen molar-refractivity contribution in [2.75, 3.05) is 5.32 Å². The van der Waals surface area contributed by atoms with E-state index in [4.69, 9.17) is 0 Å². The molecule has 1 atom stereocenters. The van der Waals surface area contributed by atoms with Gasteiger partial charge in [0.05, 0.1) is 11.7 Å². The molecular formula is C17H23N3S. The van der Waals surface area contributed by atoms with Gasteiger partial charge in [-0.05, 0) is 50.1 Å². The number of hydrogen-bond donors (Lipinski definition) is 1. The van der Waals surface area contributed by atoms with Crippen LogP contribution in [-0.4, -0.2) is 15.0 Å². The Balaban J connectivity index is 1.60. The van der Waals surface area contributed by atoms with Gasteiger partial charge in [-0.1, -0.05) is 12.8 Å². The molecule has 0 aliphatic heterocycles. The number of hydrogen-bond acceptors (Lipinski definition) is 3. The van der Waals surface area contributed by atoms with E-state index in [1.54, 1.807) is 0 Å². The molecule has 0 amide bonds. The van der Waals surface area contributed by atoms with Gasteiger partial charge in [-0.2, -0.15) is 5.10 Å². The Hall–Kier alpha value is -1.42. The van der Waals surface area contributed by atoms with Crippen LogP contribution in [0.25, 0.3) is 0 Å². The summed E-state index contributed by atoms with van der Waals surface area (Å²) in [5.41, 5.74) is 2.36. The van der Waals surface area contributed by atoms with Crippen LogP contribution in [0.2, 0.25) is 0 Å². The number of anilines is 1. The van der Waals surface area contributed by atoms with E-state index in [0.29, 0.717) is 0 Å². The Kier molecular flexibility index (Phi) is 4.54. The SMILES string of the molecule is CC(Nc1ccc(SC2CCCC2)cc1)c1ccnn1C. The van der Waals surface area contributed by atoms with Gasteiger partial charge >= 0.3 is 0 Å². The Labute approximate surface area is 131 Å². The van der Waals surface area contributed by atoms with Crippen LogP contribution in [0.4, 0.5) is 5.69 Å². The third-order valence-corrected chi connectivity index (χ3v) is 5.49. The Morgan fingerprint density at radius 1 is 1.19 bits per heavy atom. The zero-order valence-corrected chi connectivity index (χ0v) is 13.6. The molecule has 1 aliphatic carbocycles. The van der Waals surface area contributed by atoms with E-state index in [-0.39, 0.29) is 6.04 Å². The van der Waals surface area contributed by atoms with E-state index in [1.165, 1.54) is 42.0 Å². The van der Waals surface area contributed by atoms with Gasteiger partial charge in [0, 0.05) is 29.1 Å². The van der Waals surface area contributed by atoms with Crippen LogP contribution in [0.15, 0.2) is 41.4 Å². The lowest BCUT2D eigenvalue weighted by Gasteiger charge is -2.16. The second-order valence-electron chi connectivity index (χ2n) is 5.79. The summed E-state index contributed by atoms with van der Waals surface area (Å²) in [6.07, 6.45) is 7.40. The standard InChI is InChI=1S/C17H23N3S/c1-13(17-11-12-18-20(17)2)19-14-7-9-16(10-8-14)21-15-5-3-4-6-15/h7-13,15,19H,3-6H2,1-2H3. The van der Waals surface area contributed by atoms with Crippen molar-refractivity contribution >= 4 is 17.4 Å². The molecule has 1 aromatic carbocycles. The predicted octanol–water partition coefficient (Wildman–Crippen LogP) is 4.63. The quantitative estimate of drug-likeness (QED) is 0.873. The molecular weight excluding hydrogens is 278 g/mol. The lowest BCUT2D eigenvalue weighted by Crippen LogP contribution is -2.11. The first kappa shape index (κ1) is 14.5. The fourth-order valence-corrected chi connectivity index (χ4v) is 4.21. The number of aromatic nitrogens is 2. The molecule has 1 heterocycles. The summed E-state index contributed by atoms with van der Waals surface area (Å²) in [7, 11) is 1.98. The molecule has 112 valence electrons. The maximum atomic E-state index is 4.22. The summed E-state index contributed by atoms with van der Waals surface area (Å²) in [6.45, 7) is 2.16. The fourth-order valence-electron chi connectivity index (χ4n) is 2.96. The molecule has 1 N–H and O–H groups in total. The fraction of sp³-hybridized carbons (Fsp3) is 0.471. The van der Waals surface area contributed by atoms with Gasteiger partial charge in [-0.3, -0.25) is 4.68 Å². The van der Waals surface area contributed by atoms with E-state index in [2.05, 4.69) is 47.7 Å². The lowest BCUT2D eigenvalue weighted by molar-refractivity contribution is 0.676. The monoisotopic (exact) mass is 301 g/mol. The summed E-state index contributed by atoms with van der Waals surface area (Å²) in [4.78, 5) is 1.39. The first-order valence-corrected chi connectivity index (χ1v) is 8.61. The minimum Gasteiger partial charge on any atom is -0.377 e. The van der Waals surface area contributed by atoms with Crippen LogP contribution >= 0.6 is 11.8 Å². The molecule has 4 heteroatoms. The van der Waals surface area contributed by atoms with Crippen molar-refractivity contribution in [3.8, 4) is 0 Å². The molecule has 0 spiro atoms. The maximum Gasteiger partial charge on any atom is 0.0653 e. The van der Waals surface area contributed by atoms with Crippen molar-refractivity contribution in [1.82, 2.24) is 9.78 Å². The van der Waals surface area contributed by atoms with Crippen LogP contribution in [0.1, 0.15) is 44.3 Å². The second-order valence-corrected chi connectivity index (χ2v) is 7.17. The molecule has 0 radical (unpaired) electrons. The molecule has 3 nitrogen and oxygen atoms in total. The van der Waals surface area contributed by atoms with E-state index < -0.39 is 0 Å². The second kappa shape index (κ2) is 6.56. The van der Waals surface area contributed by atoms with Crippen LogP contribution in [0, 0.1) is 0 Å². The van der Waals surface area contributed by atoms with E-state index in [0.717, 1.165) is 5.25 Å². The lowest BCUT2D eigenvalue weighted by atomic mass is 10.2. The number of nitrogens with zero attached hydrogens (tertiary/aromatic N) is 2. The first-order chi connectivity index (χ1) is 10.2. The van der Waals surface area contributed by atoms with Crippen molar-refractivity contribution in [2.45, 2.75) is 48.8 Å². The normalized spacial score (nSPS) is 17.0. The zero-order chi connectivity index (χ0) is 14.7. The molecule has 3 rings (SSSR count). The first-order valence-electron chi connectivity index (χ1n) is 7.73. The summed E-state index contributed by atoms with van der Waals surface area (Å²) in [6, 6.07) is 11.2. The largest absolute Gasteiger partial charge is 0.377 e. The Morgan fingerprint density at radius 3 is 2.52 bits per heavy atom. The molecule has 0 saturated heterocycles. The summed E-state index contributed by atoms with van der Waals surface area (Å²) >= 11 is 2.04. The smallest absolute Gasteiger partial charge is 0.0653 e. The highest BCUT2D eigenvalue weighted by molar-refractivity contribution is 8.00. The van der Waals surface area contributed by atoms with Gasteiger partial charge in [0.15, 0.2) is 0 Å².